The van der Waals surface area contributed by atoms with Gasteiger partial charge in [0.05, 0.1) is 16.9 Å². The second-order valence-electron chi connectivity index (χ2n) is 4.64. The summed E-state index contributed by atoms with van der Waals surface area (Å²) in [5.74, 6) is -1.01. The summed E-state index contributed by atoms with van der Waals surface area (Å²) in [4.78, 5) is 3.91. The SMILES string of the molecule is CCC(O)(Cc1cccc(F)c1Cl)c1ccc(F)cn1. The third kappa shape index (κ3) is 2.97. The number of rotatable bonds is 4. The van der Waals surface area contributed by atoms with E-state index < -0.39 is 17.2 Å². The highest BCUT2D eigenvalue weighted by molar-refractivity contribution is 6.31. The van der Waals surface area contributed by atoms with Crippen LogP contribution in [0, 0.1) is 11.6 Å². The van der Waals surface area contributed by atoms with Crippen LogP contribution in [0.1, 0.15) is 24.6 Å². The Kier molecular flexibility index (Phi) is 4.35. The van der Waals surface area contributed by atoms with Crippen LogP contribution in [0.25, 0.3) is 0 Å². The van der Waals surface area contributed by atoms with Crippen LogP contribution in [-0.4, -0.2) is 10.1 Å². The molecule has 1 aromatic heterocycles. The fourth-order valence-corrected chi connectivity index (χ4v) is 2.24. The van der Waals surface area contributed by atoms with Crippen LogP contribution in [0.2, 0.25) is 5.02 Å². The molecule has 1 aromatic carbocycles. The minimum absolute atomic E-state index is 0.0125. The van der Waals surface area contributed by atoms with Gasteiger partial charge in [-0.05, 0) is 30.2 Å². The van der Waals surface area contributed by atoms with Crippen LogP contribution in [0.5, 0.6) is 0 Å². The molecule has 5 heteroatoms. The maximum atomic E-state index is 13.4. The van der Waals surface area contributed by atoms with Crippen LogP contribution >= 0.6 is 11.6 Å². The number of halogens is 3. The van der Waals surface area contributed by atoms with Crippen LogP contribution in [0.3, 0.4) is 0 Å². The molecular weight excluding hydrogens is 284 g/mol. The van der Waals surface area contributed by atoms with Gasteiger partial charge < -0.3 is 5.11 Å². The normalized spacial score (nSPS) is 14.1. The summed E-state index contributed by atoms with van der Waals surface area (Å²) in [5, 5.41) is 10.7. The van der Waals surface area contributed by atoms with Crippen LogP contribution in [0.4, 0.5) is 8.78 Å². The zero-order valence-electron chi connectivity index (χ0n) is 10.9. The molecule has 0 bridgehead atoms. The van der Waals surface area contributed by atoms with E-state index in [1.165, 1.54) is 24.3 Å². The van der Waals surface area contributed by atoms with Gasteiger partial charge in [-0.15, -0.1) is 0 Å². The molecule has 0 saturated carbocycles. The average Bonchev–Trinajstić information content (AvgIpc) is 2.44. The molecule has 0 radical (unpaired) electrons. The molecule has 20 heavy (non-hydrogen) atoms. The van der Waals surface area contributed by atoms with Crippen molar-refractivity contribution in [2.75, 3.05) is 0 Å². The standard InChI is InChI=1S/C15H14ClF2NO/c1-2-15(20,13-7-6-11(17)9-19-13)8-10-4-3-5-12(18)14(10)16/h3-7,9,20H,2,8H2,1H3. The van der Waals surface area contributed by atoms with Crippen LogP contribution < -0.4 is 0 Å². The van der Waals surface area contributed by atoms with Crippen molar-refractivity contribution in [3.63, 3.8) is 0 Å². The predicted octanol–water partition coefficient (Wildman–Crippen LogP) is 3.85. The largest absolute Gasteiger partial charge is 0.383 e. The summed E-state index contributed by atoms with van der Waals surface area (Å²) in [6.45, 7) is 1.78. The van der Waals surface area contributed by atoms with E-state index in [9.17, 15) is 13.9 Å². The van der Waals surface area contributed by atoms with Gasteiger partial charge in [0.25, 0.3) is 0 Å². The Morgan fingerprint density at radius 1 is 1.25 bits per heavy atom. The van der Waals surface area contributed by atoms with Crippen molar-refractivity contribution in [2.45, 2.75) is 25.4 Å². The lowest BCUT2D eigenvalue weighted by Gasteiger charge is -2.26. The first-order valence-electron chi connectivity index (χ1n) is 6.23. The highest BCUT2D eigenvalue weighted by atomic mass is 35.5. The Morgan fingerprint density at radius 3 is 2.60 bits per heavy atom. The monoisotopic (exact) mass is 297 g/mol. The topological polar surface area (TPSA) is 33.1 Å². The molecule has 0 aliphatic heterocycles. The maximum absolute atomic E-state index is 13.4. The molecule has 1 atom stereocenters. The van der Waals surface area contributed by atoms with Gasteiger partial charge in [-0.1, -0.05) is 30.7 Å². The fourth-order valence-electron chi connectivity index (χ4n) is 2.05. The van der Waals surface area contributed by atoms with Crippen molar-refractivity contribution < 1.29 is 13.9 Å². The second-order valence-corrected chi connectivity index (χ2v) is 5.01. The number of hydrogen-bond donors (Lipinski definition) is 1. The molecule has 2 aromatic rings. The quantitative estimate of drug-likeness (QED) is 0.930. The number of pyridine rings is 1. The van der Waals surface area contributed by atoms with E-state index in [-0.39, 0.29) is 11.4 Å². The molecule has 1 unspecified atom stereocenters. The van der Waals surface area contributed by atoms with Gasteiger partial charge in [0.2, 0.25) is 0 Å². The molecular formula is C15H14ClF2NO. The Balaban J connectivity index is 2.36. The van der Waals surface area contributed by atoms with Crippen LogP contribution in [0.15, 0.2) is 36.5 Å². The molecule has 0 aliphatic rings. The molecule has 0 amide bonds. The van der Waals surface area contributed by atoms with Gasteiger partial charge >= 0.3 is 0 Å². The van der Waals surface area contributed by atoms with Crippen molar-refractivity contribution >= 4 is 11.6 Å². The van der Waals surface area contributed by atoms with E-state index in [4.69, 9.17) is 11.6 Å². The molecule has 0 saturated heterocycles. The first-order chi connectivity index (χ1) is 9.46. The van der Waals surface area contributed by atoms with E-state index in [0.717, 1.165) is 6.20 Å². The number of benzene rings is 1. The van der Waals surface area contributed by atoms with Gasteiger partial charge in [0.15, 0.2) is 0 Å². The van der Waals surface area contributed by atoms with Crippen molar-refractivity contribution in [1.82, 2.24) is 4.98 Å². The van der Waals surface area contributed by atoms with E-state index >= 15 is 0 Å². The van der Waals surface area contributed by atoms with Gasteiger partial charge in [-0.2, -0.15) is 0 Å². The van der Waals surface area contributed by atoms with Gasteiger partial charge in [0.1, 0.15) is 17.2 Å². The summed E-state index contributed by atoms with van der Waals surface area (Å²) < 4.78 is 26.3. The lowest BCUT2D eigenvalue weighted by Crippen LogP contribution is -2.29. The number of hydrogen-bond acceptors (Lipinski definition) is 2. The van der Waals surface area contributed by atoms with Crippen molar-refractivity contribution in [3.05, 3.63) is 64.4 Å². The number of nitrogens with zero attached hydrogens (tertiary/aromatic N) is 1. The summed E-state index contributed by atoms with van der Waals surface area (Å²) in [6, 6.07) is 7.09. The average molecular weight is 298 g/mol. The minimum Gasteiger partial charge on any atom is -0.383 e. The van der Waals surface area contributed by atoms with Gasteiger partial charge in [-0.25, -0.2) is 8.78 Å². The Hall–Kier alpha value is -1.52. The van der Waals surface area contributed by atoms with Gasteiger partial charge in [0, 0.05) is 6.42 Å². The Labute approximate surface area is 121 Å². The molecule has 1 N–H and O–H groups in total. The molecule has 0 aliphatic carbocycles. The zero-order valence-corrected chi connectivity index (χ0v) is 11.7. The highest BCUT2D eigenvalue weighted by Crippen LogP contribution is 2.31. The smallest absolute Gasteiger partial charge is 0.142 e. The Morgan fingerprint density at radius 2 is 2.00 bits per heavy atom. The van der Waals surface area contributed by atoms with Crippen LogP contribution in [-0.2, 0) is 12.0 Å². The summed E-state index contributed by atoms with van der Waals surface area (Å²) in [7, 11) is 0. The maximum Gasteiger partial charge on any atom is 0.142 e. The zero-order chi connectivity index (χ0) is 14.8. The molecule has 1 heterocycles. The van der Waals surface area contributed by atoms with E-state index in [0.29, 0.717) is 17.7 Å². The number of aromatic nitrogens is 1. The lowest BCUT2D eigenvalue weighted by atomic mass is 9.88. The lowest BCUT2D eigenvalue weighted by molar-refractivity contribution is 0.0282. The summed E-state index contributed by atoms with van der Waals surface area (Å²) in [6.07, 6.45) is 1.50. The molecule has 0 spiro atoms. The second kappa shape index (κ2) is 5.85. The van der Waals surface area contributed by atoms with Crippen molar-refractivity contribution in [3.8, 4) is 0 Å². The third-order valence-electron chi connectivity index (χ3n) is 3.30. The van der Waals surface area contributed by atoms with E-state index in [2.05, 4.69) is 4.98 Å². The Bertz CT molecular complexity index is 603. The molecule has 2 nitrogen and oxygen atoms in total. The van der Waals surface area contributed by atoms with Gasteiger partial charge in [-0.3, -0.25) is 4.98 Å². The third-order valence-corrected chi connectivity index (χ3v) is 3.73. The molecule has 106 valence electrons. The first-order valence-corrected chi connectivity index (χ1v) is 6.61. The first kappa shape index (κ1) is 14.9. The predicted molar refractivity (Wildman–Crippen MR) is 73.5 cm³/mol. The number of aliphatic hydroxyl groups is 1. The molecule has 2 rings (SSSR count). The summed E-state index contributed by atoms with van der Waals surface area (Å²) >= 11 is 5.90. The fraction of sp³-hybridized carbons (Fsp3) is 0.267. The van der Waals surface area contributed by atoms with E-state index in [1.54, 1.807) is 13.0 Å². The van der Waals surface area contributed by atoms with Crippen molar-refractivity contribution in [1.29, 1.82) is 0 Å². The summed E-state index contributed by atoms with van der Waals surface area (Å²) in [5.41, 5.74) is -0.491. The van der Waals surface area contributed by atoms with Crippen molar-refractivity contribution in [2.24, 2.45) is 0 Å². The highest BCUT2D eigenvalue weighted by Gasteiger charge is 2.30. The van der Waals surface area contributed by atoms with E-state index in [1.807, 2.05) is 0 Å². The molecule has 0 fully saturated rings. The minimum atomic E-state index is -1.31.